The van der Waals surface area contributed by atoms with Crippen molar-refractivity contribution >= 4 is 22.6 Å². The van der Waals surface area contributed by atoms with Crippen molar-refractivity contribution < 1.29 is 23.7 Å². The zero-order valence-corrected chi connectivity index (χ0v) is 23.9. The number of benzene rings is 3. The van der Waals surface area contributed by atoms with Gasteiger partial charge in [-0.2, -0.15) is 0 Å². The van der Waals surface area contributed by atoms with E-state index in [2.05, 4.69) is 26.6 Å². The lowest BCUT2D eigenvalue weighted by atomic mass is 9.87. The number of para-hydroxylation sites is 1. The van der Waals surface area contributed by atoms with Crippen molar-refractivity contribution in [1.29, 1.82) is 0 Å². The number of fused-ring (bicyclic) bond motifs is 2. The molecule has 3 aromatic carbocycles. The topological polar surface area (TPSA) is 94.2 Å². The molecule has 2 amide bonds. The Morgan fingerprint density at radius 1 is 0.902 bits per heavy atom. The maximum atomic E-state index is 12.9. The van der Waals surface area contributed by atoms with Crippen molar-refractivity contribution in [1.82, 2.24) is 15.2 Å². The average molecular weight is 557 g/mol. The Hall–Kier alpha value is -4.50. The van der Waals surface area contributed by atoms with Crippen molar-refractivity contribution in [3.8, 4) is 23.0 Å². The van der Waals surface area contributed by atoms with E-state index < -0.39 is 0 Å². The highest BCUT2D eigenvalue weighted by molar-refractivity contribution is 6.00. The molecule has 0 radical (unpaired) electrons. The van der Waals surface area contributed by atoms with E-state index in [1.54, 1.807) is 34.6 Å². The SMILES string of the molecule is COc1ccc(CC2c3c(OC)ccc(OC)c3CCN2CCNC(=O)Nc2ccnc3ccccc23)cc1OC. The van der Waals surface area contributed by atoms with Gasteiger partial charge in [-0.3, -0.25) is 9.88 Å². The molecular weight excluding hydrogens is 520 g/mol. The lowest BCUT2D eigenvalue weighted by molar-refractivity contribution is 0.178. The summed E-state index contributed by atoms with van der Waals surface area (Å²) in [7, 11) is 6.67. The Balaban J connectivity index is 1.35. The molecule has 0 spiro atoms. The smallest absolute Gasteiger partial charge is 0.319 e. The van der Waals surface area contributed by atoms with E-state index in [4.69, 9.17) is 18.9 Å². The van der Waals surface area contributed by atoms with Gasteiger partial charge in [-0.1, -0.05) is 24.3 Å². The summed E-state index contributed by atoms with van der Waals surface area (Å²) in [5.74, 6) is 3.06. The number of pyridine rings is 1. The number of rotatable bonds is 10. The third kappa shape index (κ3) is 6.00. The second-order valence-corrected chi connectivity index (χ2v) is 9.81. The van der Waals surface area contributed by atoms with E-state index in [0.29, 0.717) is 31.0 Å². The predicted octanol–water partition coefficient (Wildman–Crippen LogP) is 5.23. The maximum absolute atomic E-state index is 12.9. The van der Waals surface area contributed by atoms with Crippen molar-refractivity contribution in [3.63, 3.8) is 0 Å². The van der Waals surface area contributed by atoms with Crippen LogP contribution in [0.25, 0.3) is 10.9 Å². The second kappa shape index (κ2) is 12.8. The molecule has 9 heteroatoms. The Morgan fingerprint density at radius 2 is 1.63 bits per heavy atom. The van der Waals surface area contributed by atoms with Gasteiger partial charge in [0.05, 0.1) is 39.6 Å². The number of nitrogens with zero attached hydrogens (tertiary/aromatic N) is 2. The lowest BCUT2D eigenvalue weighted by Crippen LogP contribution is -2.42. The number of urea groups is 1. The van der Waals surface area contributed by atoms with Crippen LogP contribution in [-0.4, -0.2) is 64.0 Å². The molecule has 0 saturated carbocycles. The van der Waals surface area contributed by atoms with Gasteiger partial charge >= 0.3 is 6.03 Å². The number of anilines is 1. The first-order chi connectivity index (χ1) is 20.1. The summed E-state index contributed by atoms with van der Waals surface area (Å²) in [5.41, 5.74) is 4.93. The number of methoxy groups -OCH3 is 4. The van der Waals surface area contributed by atoms with E-state index in [0.717, 1.165) is 57.7 Å². The minimum Gasteiger partial charge on any atom is -0.496 e. The van der Waals surface area contributed by atoms with Gasteiger partial charge in [0.15, 0.2) is 11.5 Å². The summed E-state index contributed by atoms with van der Waals surface area (Å²) in [6.45, 7) is 1.94. The molecule has 41 heavy (non-hydrogen) atoms. The van der Waals surface area contributed by atoms with Gasteiger partial charge in [0.2, 0.25) is 0 Å². The number of hydrogen-bond acceptors (Lipinski definition) is 7. The van der Waals surface area contributed by atoms with Gasteiger partial charge in [0.25, 0.3) is 0 Å². The van der Waals surface area contributed by atoms with Gasteiger partial charge in [-0.05, 0) is 54.8 Å². The van der Waals surface area contributed by atoms with E-state index in [-0.39, 0.29) is 12.1 Å². The minimum atomic E-state index is -0.255. The van der Waals surface area contributed by atoms with E-state index in [1.165, 1.54) is 0 Å². The largest absolute Gasteiger partial charge is 0.496 e. The van der Waals surface area contributed by atoms with Crippen molar-refractivity contribution in [2.75, 3.05) is 53.4 Å². The van der Waals surface area contributed by atoms with Crippen LogP contribution in [0.1, 0.15) is 22.7 Å². The molecule has 0 fully saturated rings. The van der Waals surface area contributed by atoms with E-state index in [1.807, 2.05) is 54.6 Å². The van der Waals surface area contributed by atoms with Crippen LogP contribution in [0, 0.1) is 0 Å². The molecule has 1 aliphatic heterocycles. The first kappa shape index (κ1) is 28.0. The number of carbonyl (C=O) groups excluding carboxylic acids is 1. The maximum Gasteiger partial charge on any atom is 0.319 e. The van der Waals surface area contributed by atoms with Crippen LogP contribution in [0.4, 0.5) is 10.5 Å². The fourth-order valence-electron chi connectivity index (χ4n) is 5.62. The number of hydrogen-bond donors (Lipinski definition) is 2. The van der Waals surface area contributed by atoms with Gasteiger partial charge in [-0.15, -0.1) is 0 Å². The molecule has 0 bridgehead atoms. The zero-order valence-electron chi connectivity index (χ0n) is 23.9. The molecule has 4 aromatic rings. The van der Waals surface area contributed by atoms with Crippen molar-refractivity contribution in [3.05, 3.63) is 83.6 Å². The Labute approximate surface area is 240 Å². The number of nitrogens with one attached hydrogen (secondary N) is 2. The van der Waals surface area contributed by atoms with E-state index in [9.17, 15) is 4.79 Å². The monoisotopic (exact) mass is 556 g/mol. The molecule has 214 valence electrons. The molecule has 0 aliphatic carbocycles. The number of ether oxygens (including phenoxy) is 4. The molecule has 9 nitrogen and oxygen atoms in total. The molecule has 1 aromatic heterocycles. The Bertz CT molecular complexity index is 1520. The van der Waals surface area contributed by atoms with E-state index >= 15 is 0 Å². The van der Waals surface area contributed by atoms with Crippen LogP contribution in [-0.2, 0) is 12.8 Å². The first-order valence-electron chi connectivity index (χ1n) is 13.6. The van der Waals surface area contributed by atoms with Gasteiger partial charge in [-0.25, -0.2) is 4.79 Å². The highest BCUT2D eigenvalue weighted by atomic mass is 16.5. The van der Waals surface area contributed by atoms with Gasteiger partial charge < -0.3 is 29.6 Å². The molecule has 1 unspecified atom stereocenters. The number of aromatic nitrogens is 1. The number of carbonyl (C=O) groups is 1. The molecule has 2 heterocycles. The van der Waals surface area contributed by atoms with Crippen LogP contribution in [0.5, 0.6) is 23.0 Å². The third-order valence-corrected chi connectivity index (χ3v) is 7.60. The van der Waals surface area contributed by atoms with Crippen LogP contribution in [0.15, 0.2) is 66.9 Å². The molecule has 5 rings (SSSR count). The lowest BCUT2D eigenvalue weighted by Gasteiger charge is -2.39. The average Bonchev–Trinajstić information content (AvgIpc) is 3.01. The third-order valence-electron chi connectivity index (χ3n) is 7.60. The van der Waals surface area contributed by atoms with Gasteiger partial charge in [0.1, 0.15) is 11.5 Å². The quantitative estimate of drug-likeness (QED) is 0.276. The molecular formula is C32H36N4O5. The zero-order chi connectivity index (χ0) is 28.8. The van der Waals surface area contributed by atoms with Crippen LogP contribution in [0.2, 0.25) is 0 Å². The molecule has 2 N–H and O–H groups in total. The number of amides is 2. The van der Waals surface area contributed by atoms with Crippen molar-refractivity contribution in [2.24, 2.45) is 0 Å². The second-order valence-electron chi connectivity index (χ2n) is 9.81. The summed E-state index contributed by atoms with van der Waals surface area (Å²) < 4.78 is 22.6. The Kier molecular flexibility index (Phi) is 8.74. The molecule has 1 atom stereocenters. The van der Waals surface area contributed by atoms with Gasteiger partial charge in [0, 0.05) is 48.4 Å². The summed E-state index contributed by atoms with van der Waals surface area (Å²) in [5, 5.41) is 6.90. The first-order valence-corrected chi connectivity index (χ1v) is 13.6. The fraction of sp³-hybridized carbons (Fsp3) is 0.312. The minimum absolute atomic E-state index is 0.00379. The van der Waals surface area contributed by atoms with Crippen LogP contribution >= 0.6 is 0 Å². The molecule has 0 saturated heterocycles. The summed E-state index contributed by atoms with van der Waals surface area (Å²) in [6.07, 6.45) is 3.23. The standard InChI is InChI=1S/C32H36N4O5/c1-38-27-11-12-29(40-3)31-23(27)14-17-36(26(31)19-21-9-10-28(39-2)30(20-21)41-4)18-16-34-32(37)35-25-13-15-33-24-8-6-5-7-22(24)25/h5-13,15,20,26H,14,16-19H2,1-4H3,(H2,33,34,35,37). The molecule has 1 aliphatic rings. The highest BCUT2D eigenvalue weighted by Crippen LogP contribution is 2.43. The highest BCUT2D eigenvalue weighted by Gasteiger charge is 2.32. The van der Waals surface area contributed by atoms with Crippen LogP contribution in [0.3, 0.4) is 0 Å². The Morgan fingerprint density at radius 3 is 2.41 bits per heavy atom. The normalized spacial score (nSPS) is 14.7. The summed E-state index contributed by atoms with van der Waals surface area (Å²) >= 11 is 0. The van der Waals surface area contributed by atoms with Crippen molar-refractivity contribution in [2.45, 2.75) is 18.9 Å². The summed E-state index contributed by atoms with van der Waals surface area (Å²) in [4.78, 5) is 19.6. The van der Waals surface area contributed by atoms with Crippen LogP contribution < -0.4 is 29.6 Å². The summed E-state index contributed by atoms with van der Waals surface area (Å²) in [6, 6.07) is 19.2. The predicted molar refractivity (Wildman–Crippen MR) is 160 cm³/mol. The fourth-order valence-corrected chi connectivity index (χ4v) is 5.62.